The van der Waals surface area contributed by atoms with Gasteiger partial charge in [0.25, 0.3) is 6.26 Å². The zero-order valence-electron chi connectivity index (χ0n) is 17.3. The van der Waals surface area contributed by atoms with E-state index in [1.54, 1.807) is 0 Å². The highest BCUT2D eigenvalue weighted by atomic mass is 16.2. The number of benzene rings is 4. The zero-order chi connectivity index (χ0) is 21.2. The SMILES string of the molecule is C1=Cc2c(CCc3ccc4cccc5c4c3C=CC5)ccc3cccc(c23)C1.N#CO. The average Bonchev–Trinajstić information content (AvgIpc) is 2.81. The molecule has 4 aromatic carbocycles. The van der Waals surface area contributed by atoms with Gasteiger partial charge < -0.3 is 5.11 Å². The van der Waals surface area contributed by atoms with Crippen LogP contribution in [0.2, 0.25) is 0 Å². The fourth-order valence-corrected chi connectivity index (χ4v) is 5.09. The number of aliphatic hydroxyl groups is 1. The van der Waals surface area contributed by atoms with Crippen molar-refractivity contribution in [2.24, 2.45) is 0 Å². The third-order valence-corrected chi connectivity index (χ3v) is 6.43. The lowest BCUT2D eigenvalue weighted by molar-refractivity contribution is 0.503. The number of nitrogens with zero attached hydrogens (tertiary/aromatic N) is 1. The molecule has 0 heterocycles. The number of allylic oxidation sites excluding steroid dienone is 2. The molecule has 2 aliphatic rings. The third-order valence-electron chi connectivity index (χ3n) is 6.43. The zero-order valence-corrected chi connectivity index (χ0v) is 17.3. The molecule has 0 aliphatic heterocycles. The van der Waals surface area contributed by atoms with Crippen LogP contribution in [-0.4, -0.2) is 5.11 Å². The summed E-state index contributed by atoms with van der Waals surface area (Å²) in [5.41, 5.74) is 8.73. The highest BCUT2D eigenvalue weighted by molar-refractivity contribution is 5.97. The molecule has 0 spiro atoms. The molecule has 2 aliphatic carbocycles. The van der Waals surface area contributed by atoms with Gasteiger partial charge in [-0.1, -0.05) is 85.0 Å². The van der Waals surface area contributed by atoms with Gasteiger partial charge in [0.05, 0.1) is 0 Å². The van der Waals surface area contributed by atoms with Crippen molar-refractivity contribution in [1.29, 1.82) is 5.26 Å². The van der Waals surface area contributed by atoms with Crippen LogP contribution in [-0.2, 0) is 25.7 Å². The van der Waals surface area contributed by atoms with Crippen molar-refractivity contribution < 1.29 is 5.11 Å². The smallest absolute Gasteiger partial charge is 0.283 e. The maximum absolute atomic E-state index is 6.88. The lowest BCUT2D eigenvalue weighted by Crippen LogP contribution is -2.02. The first kappa shape index (κ1) is 19.2. The summed E-state index contributed by atoms with van der Waals surface area (Å²) >= 11 is 0. The van der Waals surface area contributed by atoms with Gasteiger partial charge >= 0.3 is 0 Å². The number of hydrogen-bond donors (Lipinski definition) is 1. The summed E-state index contributed by atoms with van der Waals surface area (Å²) in [5.74, 6) is 0. The number of rotatable bonds is 3. The Morgan fingerprint density at radius 2 is 1.13 bits per heavy atom. The Morgan fingerprint density at radius 3 is 1.58 bits per heavy atom. The van der Waals surface area contributed by atoms with Crippen molar-refractivity contribution in [1.82, 2.24) is 0 Å². The second-order valence-corrected chi connectivity index (χ2v) is 8.12. The fraction of sp³-hybridized carbons (Fsp3) is 0.138. The molecule has 0 radical (unpaired) electrons. The lowest BCUT2D eigenvalue weighted by Gasteiger charge is -2.19. The van der Waals surface area contributed by atoms with Crippen LogP contribution in [0.3, 0.4) is 0 Å². The summed E-state index contributed by atoms with van der Waals surface area (Å²) in [4.78, 5) is 0. The van der Waals surface area contributed by atoms with Crippen molar-refractivity contribution in [2.45, 2.75) is 25.7 Å². The lowest BCUT2D eigenvalue weighted by atomic mass is 9.86. The molecule has 0 saturated carbocycles. The molecule has 150 valence electrons. The average molecular weight is 402 g/mol. The van der Waals surface area contributed by atoms with Gasteiger partial charge in [0, 0.05) is 0 Å². The summed E-state index contributed by atoms with van der Waals surface area (Å²) in [7, 11) is 0. The summed E-state index contributed by atoms with van der Waals surface area (Å²) in [5, 5.41) is 19.4. The predicted molar refractivity (Wildman–Crippen MR) is 128 cm³/mol. The van der Waals surface area contributed by atoms with Crippen LogP contribution in [0.5, 0.6) is 0 Å². The van der Waals surface area contributed by atoms with Crippen molar-refractivity contribution in [3.8, 4) is 6.26 Å². The molecule has 2 nitrogen and oxygen atoms in total. The minimum Gasteiger partial charge on any atom is -0.443 e. The van der Waals surface area contributed by atoms with Crippen LogP contribution in [0.4, 0.5) is 0 Å². The Kier molecular flexibility index (Phi) is 5.02. The fourth-order valence-electron chi connectivity index (χ4n) is 5.09. The summed E-state index contributed by atoms with van der Waals surface area (Å²) in [6.07, 6.45) is 14.3. The van der Waals surface area contributed by atoms with Crippen LogP contribution >= 0.6 is 0 Å². The molecule has 0 fully saturated rings. The van der Waals surface area contributed by atoms with Gasteiger partial charge in [-0.2, -0.15) is 5.26 Å². The largest absolute Gasteiger partial charge is 0.443 e. The van der Waals surface area contributed by atoms with Crippen LogP contribution < -0.4 is 0 Å². The molecule has 0 amide bonds. The predicted octanol–water partition coefficient (Wildman–Crippen LogP) is 6.76. The normalized spacial score (nSPS) is 13.0. The Bertz CT molecular complexity index is 1300. The second kappa shape index (κ2) is 8.13. The first-order chi connectivity index (χ1) is 15.3. The van der Waals surface area contributed by atoms with Gasteiger partial charge in [0.1, 0.15) is 0 Å². The molecule has 6 rings (SSSR count). The van der Waals surface area contributed by atoms with Gasteiger partial charge in [-0.25, -0.2) is 0 Å². The molecule has 31 heavy (non-hydrogen) atoms. The Hall–Kier alpha value is -3.83. The molecule has 2 heteroatoms. The summed E-state index contributed by atoms with van der Waals surface area (Å²) < 4.78 is 0. The first-order valence-electron chi connectivity index (χ1n) is 10.7. The van der Waals surface area contributed by atoms with Gasteiger partial charge in [-0.15, -0.1) is 0 Å². The van der Waals surface area contributed by atoms with Crippen molar-refractivity contribution in [3.63, 3.8) is 0 Å². The van der Waals surface area contributed by atoms with Gasteiger partial charge in [0.2, 0.25) is 0 Å². The summed E-state index contributed by atoms with van der Waals surface area (Å²) in [6, 6.07) is 22.7. The molecule has 0 atom stereocenters. The van der Waals surface area contributed by atoms with E-state index in [0.717, 1.165) is 31.9 Å². The minimum atomic E-state index is 0.750. The Morgan fingerprint density at radius 1 is 0.677 bits per heavy atom. The monoisotopic (exact) mass is 401 g/mol. The van der Waals surface area contributed by atoms with E-state index in [1.807, 2.05) is 0 Å². The quantitative estimate of drug-likeness (QED) is 0.386. The number of aliphatic hydroxyl groups excluding tert-OH is 1. The van der Waals surface area contributed by atoms with E-state index < -0.39 is 0 Å². The number of hydrogen-bond acceptors (Lipinski definition) is 2. The van der Waals surface area contributed by atoms with Crippen molar-refractivity contribution >= 4 is 33.7 Å². The maximum atomic E-state index is 6.88. The van der Waals surface area contributed by atoms with Crippen molar-refractivity contribution in [2.75, 3.05) is 0 Å². The molecule has 0 bridgehead atoms. The van der Waals surface area contributed by atoms with Crippen LogP contribution in [0.15, 0.2) is 72.8 Å². The van der Waals surface area contributed by atoms with Crippen LogP contribution in [0, 0.1) is 11.5 Å². The Labute approximate surface area is 182 Å². The number of aryl methyl sites for hydroxylation is 2. The molecule has 0 unspecified atom stereocenters. The van der Waals surface area contributed by atoms with E-state index in [2.05, 4.69) is 85.0 Å². The van der Waals surface area contributed by atoms with Crippen LogP contribution in [0.1, 0.15) is 33.4 Å². The van der Waals surface area contributed by atoms with Crippen LogP contribution in [0.25, 0.3) is 33.7 Å². The minimum absolute atomic E-state index is 0.750. The van der Waals surface area contributed by atoms with E-state index in [9.17, 15) is 0 Å². The second-order valence-electron chi connectivity index (χ2n) is 8.12. The topological polar surface area (TPSA) is 44.0 Å². The standard InChI is InChI=1S/C28H22.CHNO/c1-5-21-9-3-11-25-19(15-17-23(7-1)27(21)25)13-14-20-16-18-24-8-2-6-22-10-4-12-26(20)28(22)24;2-1-3/h1-8,11-12,15-18H,9-10,13-14H2;3H. The van der Waals surface area contributed by atoms with E-state index in [1.165, 1.54) is 54.9 Å². The maximum Gasteiger partial charge on any atom is 0.283 e. The van der Waals surface area contributed by atoms with Gasteiger partial charge in [-0.3, -0.25) is 0 Å². The molecule has 1 N–H and O–H groups in total. The van der Waals surface area contributed by atoms with E-state index in [-0.39, 0.29) is 0 Å². The third kappa shape index (κ3) is 3.39. The summed E-state index contributed by atoms with van der Waals surface area (Å²) in [6.45, 7) is 0. The highest BCUT2D eigenvalue weighted by Gasteiger charge is 2.15. The molecular formula is C29H23NO. The molecule has 4 aromatic rings. The molecule has 0 saturated heterocycles. The molecule has 0 aromatic heterocycles. The van der Waals surface area contributed by atoms with Crippen molar-refractivity contribution in [3.05, 3.63) is 106 Å². The molecular weight excluding hydrogens is 378 g/mol. The Balaban J connectivity index is 0.000000646. The van der Waals surface area contributed by atoms with E-state index in [0.29, 0.717) is 0 Å². The number of nitriles is 1. The first-order valence-corrected chi connectivity index (χ1v) is 10.7. The van der Waals surface area contributed by atoms with Gasteiger partial charge in [-0.05, 0) is 80.6 Å². The highest BCUT2D eigenvalue weighted by Crippen LogP contribution is 2.34. The van der Waals surface area contributed by atoms with E-state index >= 15 is 0 Å². The van der Waals surface area contributed by atoms with E-state index in [4.69, 9.17) is 10.4 Å². The van der Waals surface area contributed by atoms with Gasteiger partial charge in [0.15, 0.2) is 0 Å².